The first kappa shape index (κ1) is 29.0. The summed E-state index contributed by atoms with van der Waals surface area (Å²) in [6, 6.07) is 11.9. The highest BCUT2D eigenvalue weighted by Gasteiger charge is 2.26. The molecule has 1 amide bonds. The number of hydrogen-bond acceptors (Lipinski definition) is 10. The molecule has 7 rings (SSSR count). The number of nitrogens with one attached hydrogen (secondary N) is 3. The van der Waals surface area contributed by atoms with Crippen molar-refractivity contribution < 1.29 is 9.53 Å². The lowest BCUT2D eigenvalue weighted by Gasteiger charge is -2.16. The summed E-state index contributed by atoms with van der Waals surface area (Å²) in [6.07, 6.45) is 11.4. The van der Waals surface area contributed by atoms with Gasteiger partial charge in [0, 0.05) is 85.6 Å². The number of aryl methyl sites for hydroxylation is 3. The third-order valence-electron chi connectivity index (χ3n) is 8.08. The SMILES string of the molecule is Cc1cnc(Nc2cc(C)n(C)n2)nc1-c1c[nH]c2c(NC(=O)CN3CC[C@H](Oc4ncc(-c5ccncc5)cn4)C3)cccc12. The zero-order valence-corrected chi connectivity index (χ0v) is 25.7. The zero-order valence-electron chi connectivity index (χ0n) is 25.7. The van der Waals surface area contributed by atoms with Crippen LogP contribution in [0.3, 0.4) is 0 Å². The number of nitrogens with zero attached hydrogens (tertiary/aromatic N) is 8. The van der Waals surface area contributed by atoms with Gasteiger partial charge in [0.1, 0.15) is 6.10 Å². The second-order valence-electron chi connectivity index (χ2n) is 11.4. The summed E-state index contributed by atoms with van der Waals surface area (Å²) < 4.78 is 7.82. The molecule has 0 spiro atoms. The molecule has 5 aromatic heterocycles. The van der Waals surface area contributed by atoms with Gasteiger partial charge in [-0.2, -0.15) is 5.10 Å². The summed E-state index contributed by atoms with van der Waals surface area (Å²) in [5, 5.41) is 11.7. The van der Waals surface area contributed by atoms with Crippen LogP contribution in [0, 0.1) is 13.8 Å². The van der Waals surface area contributed by atoms with E-state index in [-0.39, 0.29) is 18.6 Å². The van der Waals surface area contributed by atoms with Crippen molar-refractivity contribution in [2.45, 2.75) is 26.4 Å². The third-order valence-corrected chi connectivity index (χ3v) is 8.08. The maximum Gasteiger partial charge on any atom is 0.316 e. The molecule has 6 aromatic rings. The van der Waals surface area contributed by atoms with Gasteiger partial charge < -0.3 is 20.4 Å². The van der Waals surface area contributed by atoms with E-state index < -0.39 is 0 Å². The predicted molar refractivity (Wildman–Crippen MR) is 175 cm³/mol. The number of aromatic amines is 1. The number of ether oxygens (including phenoxy) is 1. The smallest absolute Gasteiger partial charge is 0.316 e. The van der Waals surface area contributed by atoms with Crippen LogP contribution in [0.2, 0.25) is 0 Å². The van der Waals surface area contributed by atoms with E-state index in [0.29, 0.717) is 30.0 Å². The fourth-order valence-electron chi connectivity index (χ4n) is 5.61. The molecular weight excluding hydrogens is 582 g/mol. The number of rotatable bonds is 9. The minimum absolute atomic E-state index is 0.0915. The van der Waals surface area contributed by atoms with Crippen molar-refractivity contribution in [2.24, 2.45) is 7.05 Å². The van der Waals surface area contributed by atoms with Gasteiger partial charge in [0.05, 0.1) is 23.4 Å². The monoisotopic (exact) mass is 615 g/mol. The van der Waals surface area contributed by atoms with Gasteiger partial charge >= 0.3 is 6.01 Å². The highest BCUT2D eigenvalue weighted by atomic mass is 16.5. The summed E-state index contributed by atoms with van der Waals surface area (Å²) in [7, 11) is 1.89. The average molecular weight is 616 g/mol. The van der Waals surface area contributed by atoms with Gasteiger partial charge in [-0.3, -0.25) is 19.4 Å². The number of carbonyl (C=O) groups excluding carboxylic acids is 1. The van der Waals surface area contributed by atoms with E-state index >= 15 is 0 Å². The van der Waals surface area contributed by atoms with E-state index in [2.05, 4.69) is 45.6 Å². The van der Waals surface area contributed by atoms with E-state index in [1.54, 1.807) is 35.7 Å². The molecule has 1 atom stereocenters. The van der Waals surface area contributed by atoms with E-state index in [1.165, 1.54) is 0 Å². The van der Waals surface area contributed by atoms with Crippen molar-refractivity contribution >= 4 is 34.3 Å². The lowest BCUT2D eigenvalue weighted by molar-refractivity contribution is -0.117. The normalized spacial score (nSPS) is 14.9. The maximum absolute atomic E-state index is 13.2. The molecule has 1 aromatic carbocycles. The molecule has 13 nitrogen and oxygen atoms in total. The third kappa shape index (κ3) is 6.13. The van der Waals surface area contributed by atoms with Crippen LogP contribution in [0.1, 0.15) is 17.7 Å². The van der Waals surface area contributed by atoms with E-state index in [4.69, 9.17) is 9.72 Å². The molecule has 0 bridgehead atoms. The molecule has 0 unspecified atom stereocenters. The van der Waals surface area contributed by atoms with E-state index in [0.717, 1.165) is 57.5 Å². The number of para-hydroxylation sites is 1. The van der Waals surface area contributed by atoms with Crippen LogP contribution in [0.5, 0.6) is 6.01 Å². The first-order valence-corrected chi connectivity index (χ1v) is 15.0. The van der Waals surface area contributed by atoms with Crippen LogP contribution < -0.4 is 15.4 Å². The Kier molecular flexibility index (Phi) is 7.81. The summed E-state index contributed by atoms with van der Waals surface area (Å²) >= 11 is 0. The molecule has 1 saturated heterocycles. The van der Waals surface area contributed by atoms with Crippen molar-refractivity contribution in [3.05, 3.63) is 84.8 Å². The highest BCUT2D eigenvalue weighted by Crippen LogP contribution is 2.33. The second-order valence-corrected chi connectivity index (χ2v) is 11.4. The molecule has 1 aliphatic heterocycles. The van der Waals surface area contributed by atoms with Gasteiger partial charge in [-0.25, -0.2) is 19.9 Å². The minimum Gasteiger partial charge on any atom is -0.459 e. The molecule has 0 saturated carbocycles. The highest BCUT2D eigenvalue weighted by molar-refractivity contribution is 6.06. The summed E-state index contributed by atoms with van der Waals surface area (Å²) in [5.41, 5.74) is 7.09. The molecule has 0 aliphatic carbocycles. The summed E-state index contributed by atoms with van der Waals surface area (Å²) in [6.45, 7) is 5.57. The Morgan fingerprint density at radius 2 is 1.89 bits per heavy atom. The second kappa shape index (κ2) is 12.4. The van der Waals surface area contributed by atoms with Gasteiger partial charge in [0.15, 0.2) is 5.82 Å². The van der Waals surface area contributed by atoms with Crippen LogP contribution in [-0.4, -0.2) is 76.2 Å². The van der Waals surface area contributed by atoms with E-state index in [9.17, 15) is 4.79 Å². The summed E-state index contributed by atoms with van der Waals surface area (Å²) in [4.78, 5) is 40.6. The van der Waals surface area contributed by atoms with Crippen molar-refractivity contribution in [3.8, 4) is 28.4 Å². The largest absolute Gasteiger partial charge is 0.459 e. The van der Waals surface area contributed by atoms with Crippen molar-refractivity contribution in [1.29, 1.82) is 0 Å². The average Bonchev–Trinajstić information content (AvgIpc) is 3.77. The predicted octanol–water partition coefficient (Wildman–Crippen LogP) is 4.66. The van der Waals surface area contributed by atoms with Crippen LogP contribution in [0.15, 0.2) is 73.6 Å². The number of likely N-dealkylation sites (tertiary alicyclic amines) is 1. The molecular formula is C33H33N11O2. The number of hydrogen-bond donors (Lipinski definition) is 3. The maximum atomic E-state index is 13.2. The molecule has 232 valence electrons. The Balaban J connectivity index is 0.989. The fraction of sp³-hybridized carbons (Fsp3) is 0.242. The number of benzene rings is 1. The molecule has 3 N–H and O–H groups in total. The quantitative estimate of drug-likeness (QED) is 0.209. The Hall–Kier alpha value is -5.69. The number of carbonyl (C=O) groups is 1. The number of anilines is 3. The van der Waals surface area contributed by atoms with Crippen molar-refractivity contribution in [3.63, 3.8) is 0 Å². The van der Waals surface area contributed by atoms with Crippen molar-refractivity contribution in [1.82, 2.24) is 44.6 Å². The Morgan fingerprint density at radius 3 is 2.67 bits per heavy atom. The first-order valence-electron chi connectivity index (χ1n) is 15.0. The van der Waals surface area contributed by atoms with Gasteiger partial charge in [0.2, 0.25) is 11.9 Å². The lowest BCUT2D eigenvalue weighted by atomic mass is 10.1. The standard InChI is InChI=1S/C33H33N11O2/c1-20-14-36-32(40-28-13-21(2)43(3)42-28)41-30(20)26-17-35-31-25(26)5-4-6-27(31)39-29(45)19-44-12-9-24(18-44)46-33-37-15-23(16-38-33)22-7-10-34-11-8-22/h4-8,10-11,13-17,24,35H,9,12,18-19H2,1-3H3,(H,39,45)(H,36,40,41,42)/t24-/m0/s1. The zero-order chi connectivity index (χ0) is 31.6. The van der Waals surface area contributed by atoms with Crippen molar-refractivity contribution in [2.75, 3.05) is 30.3 Å². The first-order chi connectivity index (χ1) is 22.4. The van der Waals surface area contributed by atoms with Gasteiger partial charge in [-0.15, -0.1) is 0 Å². The lowest BCUT2D eigenvalue weighted by Crippen LogP contribution is -2.33. The number of aromatic nitrogens is 8. The number of amides is 1. The minimum atomic E-state index is -0.0994. The van der Waals surface area contributed by atoms with Gasteiger partial charge in [0.25, 0.3) is 0 Å². The van der Waals surface area contributed by atoms with Crippen LogP contribution in [0.25, 0.3) is 33.3 Å². The fourth-order valence-corrected chi connectivity index (χ4v) is 5.61. The molecule has 1 aliphatic rings. The number of pyridine rings is 1. The number of H-pyrrole nitrogens is 1. The number of fused-ring (bicyclic) bond motifs is 1. The van der Waals surface area contributed by atoms with E-state index in [1.807, 2.05) is 63.5 Å². The van der Waals surface area contributed by atoms with Gasteiger partial charge in [-0.1, -0.05) is 12.1 Å². The molecule has 0 radical (unpaired) electrons. The topological polar surface area (TPSA) is 152 Å². The van der Waals surface area contributed by atoms with Crippen LogP contribution >= 0.6 is 0 Å². The molecule has 6 heterocycles. The molecule has 13 heteroatoms. The Bertz CT molecular complexity index is 1980. The van der Waals surface area contributed by atoms with Crippen LogP contribution in [-0.2, 0) is 11.8 Å². The molecule has 46 heavy (non-hydrogen) atoms. The van der Waals surface area contributed by atoms with Crippen LogP contribution in [0.4, 0.5) is 17.5 Å². The van der Waals surface area contributed by atoms with Gasteiger partial charge in [-0.05, 0) is 49.6 Å². The Morgan fingerprint density at radius 1 is 1.07 bits per heavy atom. The Labute approximate surface area is 265 Å². The summed E-state index contributed by atoms with van der Waals surface area (Å²) in [5.74, 6) is 1.04. The molecule has 1 fully saturated rings.